The van der Waals surface area contributed by atoms with E-state index in [9.17, 15) is 9.18 Å². The third-order valence-corrected chi connectivity index (χ3v) is 3.67. The summed E-state index contributed by atoms with van der Waals surface area (Å²) in [5, 5.41) is 0. The number of hydrogen-bond acceptors (Lipinski definition) is 2. The Morgan fingerprint density at radius 1 is 1.25 bits per heavy atom. The van der Waals surface area contributed by atoms with Gasteiger partial charge in [-0.3, -0.25) is 4.79 Å². The van der Waals surface area contributed by atoms with Crippen molar-refractivity contribution in [2.24, 2.45) is 11.7 Å². The van der Waals surface area contributed by atoms with E-state index in [1.807, 2.05) is 6.92 Å². The zero-order chi connectivity index (χ0) is 15.0. The molecule has 0 radical (unpaired) electrons. The molecular formula is C16H25FN2O. The van der Waals surface area contributed by atoms with Crippen molar-refractivity contribution >= 4 is 11.6 Å². The normalized spacial score (nSPS) is 12.2. The molecular weight excluding hydrogens is 255 g/mol. The maximum absolute atomic E-state index is 12.9. The predicted molar refractivity (Wildman–Crippen MR) is 81.1 cm³/mol. The van der Waals surface area contributed by atoms with Gasteiger partial charge in [0.2, 0.25) is 5.91 Å². The van der Waals surface area contributed by atoms with Gasteiger partial charge in [-0.1, -0.05) is 13.3 Å². The molecule has 1 unspecified atom stereocenters. The lowest BCUT2D eigenvalue weighted by molar-refractivity contribution is -0.118. The van der Waals surface area contributed by atoms with E-state index in [2.05, 4.69) is 6.92 Å². The van der Waals surface area contributed by atoms with Gasteiger partial charge in [-0.05, 0) is 56.5 Å². The van der Waals surface area contributed by atoms with E-state index < -0.39 is 0 Å². The Labute approximate surface area is 121 Å². The zero-order valence-electron chi connectivity index (χ0n) is 12.4. The van der Waals surface area contributed by atoms with Crippen LogP contribution in [0.5, 0.6) is 0 Å². The summed E-state index contributed by atoms with van der Waals surface area (Å²) in [5.41, 5.74) is 6.33. The molecule has 1 atom stereocenters. The Kier molecular flexibility index (Phi) is 7.23. The minimum Gasteiger partial charge on any atom is -0.330 e. The van der Waals surface area contributed by atoms with Gasteiger partial charge in [0.25, 0.3) is 0 Å². The smallest absolute Gasteiger partial charge is 0.226 e. The highest BCUT2D eigenvalue weighted by molar-refractivity contribution is 5.93. The minimum absolute atomic E-state index is 0.0922. The summed E-state index contributed by atoms with van der Waals surface area (Å²) in [7, 11) is 0. The van der Waals surface area contributed by atoms with Crippen molar-refractivity contribution in [2.45, 2.75) is 39.5 Å². The van der Waals surface area contributed by atoms with Crippen LogP contribution in [0, 0.1) is 11.7 Å². The molecule has 4 heteroatoms. The highest BCUT2D eigenvalue weighted by atomic mass is 19.1. The monoisotopic (exact) mass is 280 g/mol. The van der Waals surface area contributed by atoms with Crippen molar-refractivity contribution in [2.75, 3.05) is 18.0 Å². The average molecular weight is 280 g/mol. The summed E-state index contributed by atoms with van der Waals surface area (Å²) in [4.78, 5) is 14.0. The topological polar surface area (TPSA) is 46.3 Å². The SMILES string of the molecule is CCC(CCN)CCC(=O)N(CC)c1ccc(F)cc1. The maximum Gasteiger partial charge on any atom is 0.226 e. The molecule has 0 saturated carbocycles. The molecule has 0 bridgehead atoms. The molecule has 1 aromatic carbocycles. The number of rotatable bonds is 8. The molecule has 0 saturated heterocycles. The molecule has 112 valence electrons. The van der Waals surface area contributed by atoms with Gasteiger partial charge in [0.15, 0.2) is 0 Å². The molecule has 0 aliphatic carbocycles. The standard InChI is InChI=1S/C16H25FN2O/c1-3-13(11-12-18)5-10-16(20)19(4-2)15-8-6-14(17)7-9-15/h6-9,13H,3-5,10-12,18H2,1-2H3. The van der Waals surface area contributed by atoms with Gasteiger partial charge in [-0.2, -0.15) is 0 Å². The van der Waals surface area contributed by atoms with Crippen LogP contribution < -0.4 is 10.6 Å². The molecule has 3 nitrogen and oxygen atoms in total. The average Bonchev–Trinajstić information content (AvgIpc) is 2.46. The predicted octanol–water partition coefficient (Wildman–Crippen LogP) is 3.33. The van der Waals surface area contributed by atoms with Crippen molar-refractivity contribution in [3.63, 3.8) is 0 Å². The van der Waals surface area contributed by atoms with Crippen LogP contribution in [-0.4, -0.2) is 19.0 Å². The van der Waals surface area contributed by atoms with Gasteiger partial charge in [-0.25, -0.2) is 4.39 Å². The first-order valence-corrected chi connectivity index (χ1v) is 7.38. The summed E-state index contributed by atoms with van der Waals surface area (Å²) >= 11 is 0. The lowest BCUT2D eigenvalue weighted by Gasteiger charge is -2.22. The highest BCUT2D eigenvalue weighted by Crippen LogP contribution is 2.19. The maximum atomic E-state index is 12.9. The summed E-state index contributed by atoms with van der Waals surface area (Å²) in [5.74, 6) is 0.316. The van der Waals surface area contributed by atoms with Crippen molar-refractivity contribution in [3.05, 3.63) is 30.1 Å². The second-order valence-electron chi connectivity index (χ2n) is 5.00. The Morgan fingerprint density at radius 2 is 1.90 bits per heavy atom. The first kappa shape index (κ1) is 16.6. The van der Waals surface area contributed by atoms with E-state index in [-0.39, 0.29) is 11.7 Å². The second kappa shape index (κ2) is 8.69. The number of nitrogens with two attached hydrogens (primary N) is 1. The zero-order valence-corrected chi connectivity index (χ0v) is 12.4. The van der Waals surface area contributed by atoms with Crippen LogP contribution in [0.1, 0.15) is 39.5 Å². The van der Waals surface area contributed by atoms with Gasteiger partial charge < -0.3 is 10.6 Å². The number of carbonyl (C=O) groups excluding carboxylic acids is 1. The highest BCUT2D eigenvalue weighted by Gasteiger charge is 2.15. The van der Waals surface area contributed by atoms with Crippen LogP contribution in [0.3, 0.4) is 0 Å². The molecule has 20 heavy (non-hydrogen) atoms. The summed E-state index contributed by atoms with van der Waals surface area (Å²) < 4.78 is 12.9. The van der Waals surface area contributed by atoms with E-state index in [4.69, 9.17) is 5.73 Å². The van der Waals surface area contributed by atoms with E-state index in [0.717, 1.165) is 24.9 Å². The molecule has 0 aliphatic rings. The van der Waals surface area contributed by atoms with Gasteiger partial charge in [0.1, 0.15) is 5.82 Å². The minimum atomic E-state index is -0.286. The lowest BCUT2D eigenvalue weighted by Crippen LogP contribution is -2.30. The Balaban J connectivity index is 2.61. The van der Waals surface area contributed by atoms with Crippen LogP contribution in [0.25, 0.3) is 0 Å². The van der Waals surface area contributed by atoms with Crippen molar-refractivity contribution in [1.82, 2.24) is 0 Å². The second-order valence-corrected chi connectivity index (χ2v) is 5.00. The van der Waals surface area contributed by atoms with E-state index in [0.29, 0.717) is 25.4 Å². The number of hydrogen-bond donors (Lipinski definition) is 1. The molecule has 2 N–H and O–H groups in total. The number of anilines is 1. The molecule has 0 spiro atoms. The molecule has 0 fully saturated rings. The summed E-state index contributed by atoms with van der Waals surface area (Å²) in [6.07, 6.45) is 3.40. The lowest BCUT2D eigenvalue weighted by atomic mass is 9.96. The first-order chi connectivity index (χ1) is 9.62. The third-order valence-electron chi connectivity index (χ3n) is 3.67. The van der Waals surface area contributed by atoms with Gasteiger partial charge in [0, 0.05) is 18.7 Å². The van der Waals surface area contributed by atoms with Crippen LogP contribution in [0.2, 0.25) is 0 Å². The number of amides is 1. The van der Waals surface area contributed by atoms with Crippen LogP contribution in [0.15, 0.2) is 24.3 Å². The molecule has 0 aliphatic heterocycles. The van der Waals surface area contributed by atoms with Gasteiger partial charge in [-0.15, -0.1) is 0 Å². The number of benzene rings is 1. The Hall–Kier alpha value is -1.42. The van der Waals surface area contributed by atoms with Crippen LogP contribution in [-0.2, 0) is 4.79 Å². The van der Waals surface area contributed by atoms with Crippen LogP contribution in [0.4, 0.5) is 10.1 Å². The van der Waals surface area contributed by atoms with E-state index in [1.54, 1.807) is 17.0 Å². The van der Waals surface area contributed by atoms with E-state index >= 15 is 0 Å². The largest absolute Gasteiger partial charge is 0.330 e. The van der Waals surface area contributed by atoms with Crippen molar-refractivity contribution in [1.29, 1.82) is 0 Å². The van der Waals surface area contributed by atoms with Crippen LogP contribution >= 0.6 is 0 Å². The molecule has 1 amide bonds. The molecule has 0 aromatic heterocycles. The third kappa shape index (κ3) is 4.93. The quantitative estimate of drug-likeness (QED) is 0.794. The first-order valence-electron chi connectivity index (χ1n) is 7.38. The Bertz CT molecular complexity index is 405. The number of nitrogens with zero attached hydrogens (tertiary/aromatic N) is 1. The van der Waals surface area contributed by atoms with Crippen molar-refractivity contribution in [3.8, 4) is 0 Å². The fourth-order valence-corrected chi connectivity index (χ4v) is 2.37. The molecule has 1 aromatic rings. The fraction of sp³-hybridized carbons (Fsp3) is 0.562. The van der Waals surface area contributed by atoms with Gasteiger partial charge >= 0.3 is 0 Å². The summed E-state index contributed by atoms with van der Waals surface area (Å²) in [6.45, 7) is 5.32. The Morgan fingerprint density at radius 3 is 2.40 bits per heavy atom. The molecule has 1 rings (SSSR count). The van der Waals surface area contributed by atoms with Gasteiger partial charge in [0.05, 0.1) is 0 Å². The number of halogens is 1. The fourth-order valence-electron chi connectivity index (χ4n) is 2.37. The van der Waals surface area contributed by atoms with Crippen molar-refractivity contribution < 1.29 is 9.18 Å². The number of carbonyl (C=O) groups is 1. The molecule has 0 heterocycles. The summed E-state index contributed by atoms with van der Waals surface area (Å²) in [6, 6.07) is 6.06. The van der Waals surface area contributed by atoms with E-state index in [1.165, 1.54) is 12.1 Å².